The third-order valence-corrected chi connectivity index (χ3v) is 4.33. The minimum Gasteiger partial charge on any atom is -0.316 e. The minimum absolute atomic E-state index is 0.449. The van der Waals surface area contributed by atoms with Crippen molar-refractivity contribution in [3.63, 3.8) is 0 Å². The lowest BCUT2D eigenvalue weighted by Crippen LogP contribution is -2.44. The summed E-state index contributed by atoms with van der Waals surface area (Å²) in [6.07, 6.45) is 2.66. The van der Waals surface area contributed by atoms with Gasteiger partial charge in [0.2, 0.25) is 0 Å². The third-order valence-electron chi connectivity index (χ3n) is 3.33. The molecule has 1 atom stereocenters. The molecule has 1 fully saturated rings. The van der Waals surface area contributed by atoms with Crippen molar-refractivity contribution >= 4 is 11.3 Å². The first-order chi connectivity index (χ1) is 7.68. The molecular weight excluding hydrogens is 216 g/mol. The summed E-state index contributed by atoms with van der Waals surface area (Å²) >= 11 is 1.90. The summed E-state index contributed by atoms with van der Waals surface area (Å²) in [5, 5.41) is 7.09. The number of hydrogen-bond donors (Lipinski definition) is 2. The normalized spacial score (nSPS) is 25.9. The van der Waals surface area contributed by atoms with Crippen molar-refractivity contribution in [3.05, 3.63) is 21.9 Å². The van der Waals surface area contributed by atoms with Crippen molar-refractivity contribution in [3.8, 4) is 0 Å². The summed E-state index contributed by atoms with van der Waals surface area (Å²) in [6.45, 7) is 9.04. The molecule has 2 heterocycles. The van der Waals surface area contributed by atoms with Gasteiger partial charge in [0.15, 0.2) is 0 Å². The fraction of sp³-hybridized carbons (Fsp3) is 0.692. The van der Waals surface area contributed by atoms with E-state index in [1.807, 2.05) is 11.3 Å². The molecule has 1 saturated heterocycles. The van der Waals surface area contributed by atoms with E-state index < -0.39 is 0 Å². The number of piperidine rings is 1. The lowest BCUT2D eigenvalue weighted by atomic mass is 9.83. The first-order valence-electron chi connectivity index (χ1n) is 6.15. The van der Waals surface area contributed by atoms with Crippen LogP contribution in [0.3, 0.4) is 0 Å². The molecule has 1 aliphatic rings. The fourth-order valence-corrected chi connectivity index (χ4v) is 3.20. The Kier molecular flexibility index (Phi) is 4.00. The van der Waals surface area contributed by atoms with E-state index in [4.69, 9.17) is 0 Å². The highest BCUT2D eigenvalue weighted by Gasteiger charge is 2.25. The molecule has 0 saturated carbocycles. The molecule has 1 aromatic heterocycles. The van der Waals surface area contributed by atoms with Crippen molar-refractivity contribution in [2.24, 2.45) is 5.41 Å². The maximum Gasteiger partial charge on any atom is 0.0300 e. The molecule has 2 N–H and O–H groups in total. The third kappa shape index (κ3) is 3.30. The first-order valence-corrected chi connectivity index (χ1v) is 6.96. The van der Waals surface area contributed by atoms with Gasteiger partial charge in [0.05, 0.1) is 0 Å². The summed E-state index contributed by atoms with van der Waals surface area (Å²) in [6, 6.07) is 4.43. The lowest BCUT2D eigenvalue weighted by molar-refractivity contribution is 0.226. The lowest BCUT2D eigenvalue weighted by Gasteiger charge is -2.34. The largest absolute Gasteiger partial charge is 0.316 e. The molecule has 2 nitrogen and oxygen atoms in total. The van der Waals surface area contributed by atoms with E-state index in [1.54, 1.807) is 0 Å². The number of hydrogen-bond acceptors (Lipinski definition) is 3. The van der Waals surface area contributed by atoms with Crippen molar-refractivity contribution in [1.82, 2.24) is 10.6 Å². The standard InChI is InChI=1S/C13H22N2S/c1-11-4-5-12(16-11)8-15-10-13(2)6-3-7-14-9-13/h4-5,14-15H,3,6-10H2,1-2H3. The molecule has 1 unspecified atom stereocenters. The molecule has 1 aromatic rings. The van der Waals surface area contributed by atoms with E-state index >= 15 is 0 Å². The highest BCUT2D eigenvalue weighted by Crippen LogP contribution is 2.24. The van der Waals surface area contributed by atoms with E-state index in [0.717, 1.165) is 19.6 Å². The van der Waals surface area contributed by atoms with Gasteiger partial charge in [0.25, 0.3) is 0 Å². The number of rotatable bonds is 4. The molecule has 3 heteroatoms. The van der Waals surface area contributed by atoms with Crippen LogP contribution < -0.4 is 10.6 Å². The van der Waals surface area contributed by atoms with Gasteiger partial charge in [0, 0.05) is 29.4 Å². The quantitative estimate of drug-likeness (QED) is 0.842. The van der Waals surface area contributed by atoms with Crippen LogP contribution in [0.4, 0.5) is 0 Å². The molecule has 0 bridgehead atoms. The first kappa shape index (κ1) is 12.1. The highest BCUT2D eigenvalue weighted by atomic mass is 32.1. The van der Waals surface area contributed by atoms with Crippen LogP contribution in [0.15, 0.2) is 12.1 Å². The summed E-state index contributed by atoms with van der Waals surface area (Å²) in [5.41, 5.74) is 0.449. The van der Waals surface area contributed by atoms with Crippen molar-refractivity contribution in [2.45, 2.75) is 33.2 Å². The van der Waals surface area contributed by atoms with Gasteiger partial charge in [-0.1, -0.05) is 6.92 Å². The summed E-state index contributed by atoms with van der Waals surface area (Å²) in [7, 11) is 0. The summed E-state index contributed by atoms with van der Waals surface area (Å²) in [5.74, 6) is 0. The number of aryl methyl sites for hydroxylation is 1. The molecule has 0 aromatic carbocycles. The average molecular weight is 238 g/mol. The van der Waals surface area contributed by atoms with Gasteiger partial charge in [-0.05, 0) is 43.9 Å². The van der Waals surface area contributed by atoms with E-state index in [1.165, 1.54) is 29.1 Å². The maximum atomic E-state index is 3.60. The van der Waals surface area contributed by atoms with Crippen molar-refractivity contribution < 1.29 is 0 Å². The van der Waals surface area contributed by atoms with E-state index in [2.05, 4.69) is 36.6 Å². The zero-order valence-corrected chi connectivity index (χ0v) is 11.1. The van der Waals surface area contributed by atoms with Gasteiger partial charge in [-0.2, -0.15) is 0 Å². The number of thiophene rings is 1. The van der Waals surface area contributed by atoms with Gasteiger partial charge in [-0.15, -0.1) is 11.3 Å². The van der Waals surface area contributed by atoms with Crippen LogP contribution in [0.5, 0.6) is 0 Å². The monoisotopic (exact) mass is 238 g/mol. The molecule has 90 valence electrons. The van der Waals surface area contributed by atoms with Crippen LogP contribution in [-0.2, 0) is 6.54 Å². The van der Waals surface area contributed by atoms with Gasteiger partial charge < -0.3 is 10.6 Å². The Balaban J connectivity index is 1.74. The molecule has 0 spiro atoms. The zero-order chi connectivity index (χ0) is 11.4. The van der Waals surface area contributed by atoms with Gasteiger partial charge >= 0.3 is 0 Å². The highest BCUT2D eigenvalue weighted by molar-refractivity contribution is 7.11. The molecule has 1 aliphatic heterocycles. The Hall–Kier alpha value is -0.380. The predicted molar refractivity (Wildman–Crippen MR) is 71.0 cm³/mol. The molecule has 16 heavy (non-hydrogen) atoms. The van der Waals surface area contributed by atoms with Crippen LogP contribution in [0.1, 0.15) is 29.5 Å². The Labute approximate surface area is 102 Å². The van der Waals surface area contributed by atoms with E-state index in [-0.39, 0.29) is 0 Å². The van der Waals surface area contributed by atoms with Gasteiger partial charge in [-0.25, -0.2) is 0 Å². The molecule has 2 rings (SSSR count). The summed E-state index contributed by atoms with van der Waals surface area (Å²) in [4.78, 5) is 2.85. The van der Waals surface area contributed by atoms with E-state index in [0.29, 0.717) is 5.41 Å². The van der Waals surface area contributed by atoms with Crippen LogP contribution in [-0.4, -0.2) is 19.6 Å². The summed E-state index contributed by atoms with van der Waals surface area (Å²) < 4.78 is 0. The second kappa shape index (κ2) is 5.30. The maximum absolute atomic E-state index is 3.60. The minimum atomic E-state index is 0.449. The van der Waals surface area contributed by atoms with Crippen LogP contribution in [0.25, 0.3) is 0 Å². The SMILES string of the molecule is Cc1ccc(CNCC2(C)CCCNC2)s1. The van der Waals surface area contributed by atoms with Crippen LogP contribution >= 0.6 is 11.3 Å². The molecule has 0 aliphatic carbocycles. The van der Waals surface area contributed by atoms with E-state index in [9.17, 15) is 0 Å². The molecule has 0 radical (unpaired) electrons. The fourth-order valence-electron chi connectivity index (χ4n) is 2.34. The Morgan fingerprint density at radius 3 is 3.00 bits per heavy atom. The Morgan fingerprint density at radius 1 is 1.50 bits per heavy atom. The zero-order valence-electron chi connectivity index (χ0n) is 10.3. The smallest absolute Gasteiger partial charge is 0.0300 e. The second-order valence-electron chi connectivity index (χ2n) is 5.21. The molecule has 0 amide bonds. The Morgan fingerprint density at radius 2 is 2.38 bits per heavy atom. The Bertz CT molecular complexity index is 326. The van der Waals surface area contributed by atoms with Crippen LogP contribution in [0, 0.1) is 12.3 Å². The van der Waals surface area contributed by atoms with Gasteiger partial charge in [0.1, 0.15) is 0 Å². The van der Waals surface area contributed by atoms with Crippen molar-refractivity contribution in [1.29, 1.82) is 0 Å². The average Bonchev–Trinajstić information content (AvgIpc) is 2.65. The number of nitrogens with one attached hydrogen (secondary N) is 2. The second-order valence-corrected chi connectivity index (χ2v) is 6.58. The van der Waals surface area contributed by atoms with Crippen LogP contribution in [0.2, 0.25) is 0 Å². The molecular formula is C13H22N2S. The predicted octanol–water partition coefficient (Wildman–Crippen LogP) is 2.54. The van der Waals surface area contributed by atoms with Gasteiger partial charge in [-0.3, -0.25) is 0 Å². The van der Waals surface area contributed by atoms with Crippen molar-refractivity contribution in [2.75, 3.05) is 19.6 Å². The topological polar surface area (TPSA) is 24.1 Å².